The van der Waals surface area contributed by atoms with Gasteiger partial charge in [-0.25, -0.2) is 0 Å². The molecule has 0 saturated heterocycles. The van der Waals surface area contributed by atoms with Gasteiger partial charge in [0.05, 0.1) is 5.56 Å². The van der Waals surface area contributed by atoms with Gasteiger partial charge in [-0.3, -0.25) is 4.90 Å². The van der Waals surface area contributed by atoms with E-state index in [0.29, 0.717) is 31.1 Å². The Labute approximate surface area is 199 Å². The van der Waals surface area contributed by atoms with Crippen LogP contribution in [0.2, 0.25) is 0 Å². The first-order valence-corrected chi connectivity index (χ1v) is 11.5. The molecule has 0 fully saturated rings. The summed E-state index contributed by atoms with van der Waals surface area (Å²) >= 11 is 0. The standard InChI is InChI=1S/C27H33F3N2O2/c1-20(2)15-31(18-25(33)19-34-26-12-5-4-8-21(26)3)17-24-11-7-13-32(24)16-22-9-6-10-23(14-22)27(28,29)30/h4-14,20,25,33H,15-19H2,1-3H3/t25-/m1/s1. The molecule has 0 saturated carbocycles. The Morgan fingerprint density at radius 3 is 2.47 bits per heavy atom. The van der Waals surface area contributed by atoms with Crippen molar-refractivity contribution >= 4 is 0 Å². The Morgan fingerprint density at radius 1 is 1.00 bits per heavy atom. The van der Waals surface area contributed by atoms with Gasteiger partial charge in [0.15, 0.2) is 0 Å². The van der Waals surface area contributed by atoms with Crippen LogP contribution in [0.15, 0.2) is 66.9 Å². The van der Waals surface area contributed by atoms with Crippen molar-refractivity contribution in [1.82, 2.24) is 9.47 Å². The summed E-state index contributed by atoms with van der Waals surface area (Å²) < 4.78 is 47.0. The highest BCUT2D eigenvalue weighted by molar-refractivity contribution is 5.31. The average molecular weight is 475 g/mol. The van der Waals surface area contributed by atoms with E-state index >= 15 is 0 Å². The SMILES string of the molecule is Cc1ccccc1OC[C@H](O)CN(Cc1cccn1Cc1cccc(C(F)(F)F)c1)CC(C)C. The zero-order valence-electron chi connectivity index (χ0n) is 19.9. The van der Waals surface area contributed by atoms with Crippen LogP contribution in [0, 0.1) is 12.8 Å². The molecule has 1 aromatic heterocycles. The molecular weight excluding hydrogens is 441 g/mol. The van der Waals surface area contributed by atoms with Gasteiger partial charge in [-0.05, 0) is 54.3 Å². The number of aryl methyl sites for hydroxylation is 1. The maximum Gasteiger partial charge on any atom is 0.416 e. The predicted octanol–water partition coefficient (Wildman–Crippen LogP) is 5.76. The molecule has 4 nitrogen and oxygen atoms in total. The average Bonchev–Trinajstić information content (AvgIpc) is 3.18. The number of aromatic nitrogens is 1. The topological polar surface area (TPSA) is 37.6 Å². The molecule has 3 rings (SSSR count). The van der Waals surface area contributed by atoms with Crippen LogP contribution in [-0.4, -0.2) is 40.4 Å². The van der Waals surface area contributed by atoms with Crippen molar-refractivity contribution < 1.29 is 23.0 Å². The number of benzene rings is 2. The summed E-state index contributed by atoms with van der Waals surface area (Å²) in [5.41, 5.74) is 1.94. The lowest BCUT2D eigenvalue weighted by Gasteiger charge is -2.27. The Morgan fingerprint density at radius 2 is 1.76 bits per heavy atom. The smallest absolute Gasteiger partial charge is 0.416 e. The van der Waals surface area contributed by atoms with Crippen molar-refractivity contribution in [2.24, 2.45) is 5.92 Å². The number of aliphatic hydroxyl groups is 1. The Bertz CT molecular complexity index is 1050. The first-order chi connectivity index (χ1) is 16.1. The monoisotopic (exact) mass is 474 g/mol. The van der Waals surface area contributed by atoms with Crippen LogP contribution in [0.3, 0.4) is 0 Å². The second kappa shape index (κ2) is 11.6. The lowest BCUT2D eigenvalue weighted by molar-refractivity contribution is -0.137. The molecule has 1 N–H and O–H groups in total. The summed E-state index contributed by atoms with van der Waals surface area (Å²) in [7, 11) is 0. The number of nitrogens with zero attached hydrogens (tertiary/aromatic N) is 2. The molecule has 2 aromatic carbocycles. The number of aliphatic hydroxyl groups excluding tert-OH is 1. The van der Waals surface area contributed by atoms with Crippen molar-refractivity contribution in [1.29, 1.82) is 0 Å². The summed E-state index contributed by atoms with van der Waals surface area (Å²) in [4.78, 5) is 2.16. The van der Waals surface area contributed by atoms with Crippen LogP contribution in [0.25, 0.3) is 0 Å². The lowest BCUT2D eigenvalue weighted by Crippen LogP contribution is -2.37. The molecule has 0 aliphatic heterocycles. The molecule has 0 unspecified atom stereocenters. The van der Waals surface area contributed by atoms with Gasteiger partial charge in [0, 0.05) is 38.1 Å². The van der Waals surface area contributed by atoms with Gasteiger partial charge in [-0.2, -0.15) is 13.2 Å². The Hall–Kier alpha value is -2.77. The predicted molar refractivity (Wildman–Crippen MR) is 128 cm³/mol. The van der Waals surface area contributed by atoms with E-state index in [1.54, 1.807) is 6.07 Å². The van der Waals surface area contributed by atoms with E-state index in [4.69, 9.17) is 4.74 Å². The summed E-state index contributed by atoms with van der Waals surface area (Å²) in [6, 6.07) is 17.0. The Balaban J connectivity index is 1.65. The van der Waals surface area contributed by atoms with Gasteiger partial charge in [-0.1, -0.05) is 44.2 Å². The van der Waals surface area contributed by atoms with Crippen LogP contribution in [0.1, 0.15) is 36.2 Å². The molecule has 0 aliphatic rings. The zero-order valence-corrected chi connectivity index (χ0v) is 19.9. The molecule has 1 atom stereocenters. The fourth-order valence-electron chi connectivity index (χ4n) is 3.99. The molecule has 0 spiro atoms. The van der Waals surface area contributed by atoms with E-state index in [1.807, 2.05) is 54.1 Å². The number of hydrogen-bond donors (Lipinski definition) is 1. The van der Waals surface area contributed by atoms with Gasteiger partial charge in [-0.15, -0.1) is 0 Å². The van der Waals surface area contributed by atoms with Crippen LogP contribution in [-0.2, 0) is 19.3 Å². The van der Waals surface area contributed by atoms with Crippen molar-refractivity contribution in [2.45, 2.75) is 46.1 Å². The normalized spacial score (nSPS) is 13.0. The molecular formula is C27H33F3N2O2. The maximum absolute atomic E-state index is 13.1. The number of alkyl halides is 3. The van der Waals surface area contributed by atoms with Gasteiger partial charge < -0.3 is 14.4 Å². The summed E-state index contributed by atoms with van der Waals surface area (Å²) in [6.07, 6.45) is -3.16. The van der Waals surface area contributed by atoms with E-state index in [9.17, 15) is 18.3 Å². The zero-order chi connectivity index (χ0) is 24.7. The maximum atomic E-state index is 13.1. The highest BCUT2D eigenvalue weighted by Gasteiger charge is 2.30. The first kappa shape index (κ1) is 25.8. The number of para-hydroxylation sites is 1. The van der Waals surface area contributed by atoms with Crippen molar-refractivity contribution in [3.05, 3.63) is 89.2 Å². The summed E-state index contributed by atoms with van der Waals surface area (Å²) in [5.74, 6) is 1.14. The van der Waals surface area contributed by atoms with Crippen molar-refractivity contribution in [2.75, 3.05) is 19.7 Å². The van der Waals surface area contributed by atoms with Gasteiger partial charge >= 0.3 is 6.18 Å². The number of hydrogen-bond acceptors (Lipinski definition) is 3. The first-order valence-electron chi connectivity index (χ1n) is 11.5. The van der Waals surface area contributed by atoms with Crippen molar-refractivity contribution in [3.8, 4) is 5.75 Å². The van der Waals surface area contributed by atoms with Crippen LogP contribution in [0.4, 0.5) is 13.2 Å². The fourth-order valence-corrected chi connectivity index (χ4v) is 3.99. The minimum absolute atomic E-state index is 0.185. The second-order valence-corrected chi connectivity index (χ2v) is 9.14. The minimum atomic E-state index is -4.36. The lowest BCUT2D eigenvalue weighted by atomic mass is 10.1. The highest BCUT2D eigenvalue weighted by Crippen LogP contribution is 2.29. The number of rotatable bonds is 11. The fraction of sp³-hybridized carbons (Fsp3) is 0.407. The van der Waals surface area contributed by atoms with Crippen LogP contribution >= 0.6 is 0 Å². The number of halogens is 3. The van der Waals surface area contributed by atoms with Gasteiger partial charge in [0.1, 0.15) is 18.5 Å². The third-order valence-corrected chi connectivity index (χ3v) is 5.53. The molecule has 0 radical (unpaired) electrons. The number of ether oxygens (including phenoxy) is 1. The molecule has 7 heteroatoms. The molecule has 34 heavy (non-hydrogen) atoms. The molecule has 3 aromatic rings. The Kier molecular flexibility index (Phi) is 8.80. The quantitative estimate of drug-likeness (QED) is 0.384. The van der Waals surface area contributed by atoms with E-state index in [0.717, 1.165) is 29.6 Å². The largest absolute Gasteiger partial charge is 0.491 e. The van der Waals surface area contributed by atoms with E-state index < -0.39 is 17.8 Å². The van der Waals surface area contributed by atoms with Crippen molar-refractivity contribution in [3.63, 3.8) is 0 Å². The summed E-state index contributed by atoms with van der Waals surface area (Å²) in [6.45, 7) is 8.51. The van der Waals surface area contributed by atoms with Crippen LogP contribution in [0.5, 0.6) is 5.75 Å². The second-order valence-electron chi connectivity index (χ2n) is 9.14. The summed E-state index contributed by atoms with van der Waals surface area (Å²) in [5, 5.41) is 10.6. The van der Waals surface area contributed by atoms with Gasteiger partial charge in [0.2, 0.25) is 0 Å². The third-order valence-electron chi connectivity index (χ3n) is 5.53. The molecule has 0 amide bonds. The van der Waals surface area contributed by atoms with E-state index in [2.05, 4.69) is 18.7 Å². The highest BCUT2D eigenvalue weighted by atomic mass is 19.4. The van der Waals surface area contributed by atoms with E-state index in [1.165, 1.54) is 12.1 Å². The van der Waals surface area contributed by atoms with E-state index in [-0.39, 0.29) is 6.61 Å². The molecule has 0 bridgehead atoms. The van der Waals surface area contributed by atoms with Crippen LogP contribution < -0.4 is 4.74 Å². The molecule has 0 aliphatic carbocycles. The molecule has 1 heterocycles. The molecule has 184 valence electrons. The third kappa shape index (κ3) is 7.64. The van der Waals surface area contributed by atoms with Gasteiger partial charge in [0.25, 0.3) is 0 Å². The minimum Gasteiger partial charge on any atom is -0.491 e.